The topological polar surface area (TPSA) is 55.1 Å². The first-order valence-corrected chi connectivity index (χ1v) is 7.16. The van der Waals surface area contributed by atoms with Crippen molar-refractivity contribution in [2.24, 2.45) is 0 Å². The van der Waals surface area contributed by atoms with Gasteiger partial charge in [0.05, 0.1) is 0 Å². The van der Waals surface area contributed by atoms with E-state index in [2.05, 4.69) is 5.32 Å². The summed E-state index contributed by atoms with van der Waals surface area (Å²) in [6.45, 7) is 0. The zero-order valence-electron chi connectivity index (χ0n) is 10.8. The number of anilines is 2. The summed E-state index contributed by atoms with van der Waals surface area (Å²) in [5.41, 5.74) is 6.73. The number of hydrogen-bond donors (Lipinski definition) is 2. The van der Waals surface area contributed by atoms with Gasteiger partial charge < -0.3 is 11.1 Å². The minimum Gasteiger partial charge on any atom is -0.399 e. The highest BCUT2D eigenvalue weighted by molar-refractivity contribution is 7.99. The predicted octanol–water partition coefficient (Wildman–Crippen LogP) is 3.53. The van der Waals surface area contributed by atoms with E-state index in [4.69, 9.17) is 5.73 Å². The molecule has 0 spiro atoms. The molecule has 0 atom stereocenters. The number of nitrogens with one attached hydrogen (secondary N) is 1. The maximum Gasteiger partial charge on any atom is 0.225 e. The van der Waals surface area contributed by atoms with Crippen LogP contribution >= 0.6 is 11.8 Å². The highest BCUT2D eigenvalue weighted by Gasteiger charge is 2.04. The van der Waals surface area contributed by atoms with Crippen LogP contribution in [0.5, 0.6) is 0 Å². The molecule has 2 aromatic carbocycles. The quantitative estimate of drug-likeness (QED) is 0.654. The smallest absolute Gasteiger partial charge is 0.225 e. The summed E-state index contributed by atoms with van der Waals surface area (Å²) in [7, 11) is 0. The molecule has 0 aliphatic heterocycles. The molecule has 0 aliphatic carbocycles. The van der Waals surface area contributed by atoms with E-state index in [1.807, 2.05) is 30.3 Å². The Labute approximate surface area is 121 Å². The number of amides is 1. The fraction of sp³-hybridized carbons (Fsp3) is 0.133. The van der Waals surface area contributed by atoms with Crippen LogP contribution in [0, 0.1) is 5.82 Å². The fourth-order valence-corrected chi connectivity index (χ4v) is 2.61. The molecule has 3 nitrogen and oxygen atoms in total. The fourth-order valence-electron chi connectivity index (χ4n) is 1.67. The second kappa shape index (κ2) is 6.96. The van der Waals surface area contributed by atoms with Gasteiger partial charge in [-0.2, -0.15) is 0 Å². The summed E-state index contributed by atoms with van der Waals surface area (Å²) in [4.78, 5) is 12.4. The monoisotopic (exact) mass is 290 g/mol. The molecule has 0 aliphatic rings. The molecule has 0 saturated carbocycles. The van der Waals surface area contributed by atoms with Crippen molar-refractivity contribution in [2.75, 3.05) is 16.8 Å². The Morgan fingerprint density at radius 1 is 1.20 bits per heavy atom. The van der Waals surface area contributed by atoms with Crippen molar-refractivity contribution in [2.45, 2.75) is 11.3 Å². The average Bonchev–Trinajstić information content (AvgIpc) is 2.38. The number of nitrogens with two attached hydrogens (primary N) is 1. The van der Waals surface area contributed by atoms with Crippen molar-refractivity contribution in [3.8, 4) is 0 Å². The van der Waals surface area contributed by atoms with Crippen LogP contribution in [0.15, 0.2) is 53.4 Å². The van der Waals surface area contributed by atoms with Crippen LogP contribution < -0.4 is 11.1 Å². The number of carbonyl (C=O) groups excluding carboxylic acids is 1. The minimum absolute atomic E-state index is 0.0620. The van der Waals surface area contributed by atoms with Crippen LogP contribution in [0.25, 0.3) is 0 Å². The number of thioether (sulfide) groups is 1. The number of hydrogen-bond acceptors (Lipinski definition) is 3. The highest BCUT2D eigenvalue weighted by atomic mass is 32.2. The Hall–Kier alpha value is -2.01. The predicted molar refractivity (Wildman–Crippen MR) is 81.2 cm³/mol. The lowest BCUT2D eigenvalue weighted by atomic mass is 10.3. The molecule has 0 heterocycles. The normalized spacial score (nSPS) is 10.2. The second-order valence-electron chi connectivity index (χ2n) is 4.23. The molecule has 3 N–H and O–H groups in total. The molecule has 0 unspecified atom stereocenters. The third kappa shape index (κ3) is 4.59. The van der Waals surface area contributed by atoms with E-state index in [1.165, 1.54) is 23.9 Å². The van der Waals surface area contributed by atoms with Gasteiger partial charge in [0.15, 0.2) is 0 Å². The molecule has 1 amide bonds. The number of benzene rings is 2. The molecular weight excluding hydrogens is 275 g/mol. The summed E-state index contributed by atoms with van der Waals surface area (Å²) in [6, 6.07) is 13.7. The van der Waals surface area contributed by atoms with Gasteiger partial charge in [0, 0.05) is 28.4 Å². The largest absolute Gasteiger partial charge is 0.399 e. The van der Waals surface area contributed by atoms with Crippen molar-refractivity contribution < 1.29 is 9.18 Å². The van der Waals surface area contributed by atoms with Crippen molar-refractivity contribution in [3.63, 3.8) is 0 Å². The van der Waals surface area contributed by atoms with Gasteiger partial charge in [0.2, 0.25) is 5.91 Å². The summed E-state index contributed by atoms with van der Waals surface area (Å²) < 4.78 is 13.1. The van der Waals surface area contributed by atoms with Crippen LogP contribution in [0.2, 0.25) is 0 Å². The van der Waals surface area contributed by atoms with E-state index in [0.29, 0.717) is 17.9 Å². The van der Waals surface area contributed by atoms with Gasteiger partial charge in [-0.3, -0.25) is 4.79 Å². The van der Waals surface area contributed by atoms with E-state index in [1.54, 1.807) is 6.07 Å². The van der Waals surface area contributed by atoms with Crippen molar-refractivity contribution in [3.05, 3.63) is 54.3 Å². The number of carbonyl (C=O) groups is 1. The third-order valence-electron chi connectivity index (χ3n) is 2.55. The summed E-state index contributed by atoms with van der Waals surface area (Å²) >= 11 is 1.41. The Morgan fingerprint density at radius 3 is 2.65 bits per heavy atom. The van der Waals surface area contributed by atoms with E-state index < -0.39 is 0 Å². The minimum atomic E-state index is -0.360. The maximum absolute atomic E-state index is 13.1. The molecule has 0 fully saturated rings. The molecule has 20 heavy (non-hydrogen) atoms. The molecule has 0 radical (unpaired) electrons. The first kappa shape index (κ1) is 14.4. The lowest BCUT2D eigenvalue weighted by Crippen LogP contribution is -2.11. The van der Waals surface area contributed by atoms with E-state index >= 15 is 0 Å². The van der Waals surface area contributed by atoms with Gasteiger partial charge in [-0.25, -0.2) is 4.39 Å². The number of para-hydroxylation sites is 1. The van der Waals surface area contributed by atoms with Crippen molar-refractivity contribution >= 4 is 29.0 Å². The molecule has 5 heteroatoms. The van der Waals surface area contributed by atoms with Crippen LogP contribution in [0.1, 0.15) is 6.42 Å². The molecule has 2 rings (SSSR count). The molecule has 104 valence electrons. The van der Waals surface area contributed by atoms with Crippen LogP contribution in [0.3, 0.4) is 0 Å². The van der Waals surface area contributed by atoms with Crippen molar-refractivity contribution in [1.82, 2.24) is 0 Å². The summed E-state index contributed by atoms with van der Waals surface area (Å²) in [6.07, 6.45) is 0.357. The van der Waals surface area contributed by atoms with Crippen molar-refractivity contribution in [1.29, 1.82) is 0 Å². The number of nitrogen functional groups attached to an aromatic ring is 1. The number of rotatable bonds is 5. The SMILES string of the molecule is Nc1cc(F)cc(SCCC(=O)Nc2ccccc2)c1. The lowest BCUT2D eigenvalue weighted by Gasteiger charge is -2.05. The van der Waals surface area contributed by atoms with Gasteiger partial charge in [-0.15, -0.1) is 11.8 Å². The van der Waals surface area contributed by atoms with E-state index in [0.717, 1.165) is 10.6 Å². The molecule has 0 saturated heterocycles. The standard InChI is InChI=1S/C15H15FN2OS/c16-11-8-12(17)10-14(9-11)20-7-6-15(19)18-13-4-2-1-3-5-13/h1-5,8-10H,6-7,17H2,(H,18,19). The Balaban J connectivity index is 1.79. The lowest BCUT2D eigenvalue weighted by molar-refractivity contribution is -0.115. The first-order valence-electron chi connectivity index (χ1n) is 6.17. The zero-order chi connectivity index (χ0) is 14.4. The Bertz CT molecular complexity index is 569. The van der Waals surface area contributed by atoms with Gasteiger partial charge >= 0.3 is 0 Å². The summed E-state index contributed by atoms with van der Waals surface area (Å²) in [5, 5.41) is 2.80. The molecule has 0 aromatic heterocycles. The maximum atomic E-state index is 13.1. The van der Waals surface area contributed by atoms with Crippen LogP contribution in [-0.2, 0) is 4.79 Å². The van der Waals surface area contributed by atoms with Gasteiger partial charge in [0.25, 0.3) is 0 Å². The molecular formula is C15H15FN2OS. The highest BCUT2D eigenvalue weighted by Crippen LogP contribution is 2.22. The first-order chi connectivity index (χ1) is 9.63. The van der Waals surface area contributed by atoms with E-state index in [9.17, 15) is 9.18 Å². The molecule has 0 bridgehead atoms. The Kier molecular flexibility index (Phi) is 5.01. The van der Waals surface area contributed by atoms with Gasteiger partial charge in [0.1, 0.15) is 5.82 Å². The molecule has 2 aromatic rings. The number of halogens is 1. The second-order valence-corrected chi connectivity index (χ2v) is 5.40. The van der Waals surface area contributed by atoms with Crippen LogP contribution in [0.4, 0.5) is 15.8 Å². The third-order valence-corrected chi connectivity index (χ3v) is 3.53. The van der Waals surface area contributed by atoms with Gasteiger partial charge in [-0.1, -0.05) is 18.2 Å². The summed E-state index contributed by atoms with van der Waals surface area (Å²) in [5.74, 6) is 0.149. The average molecular weight is 290 g/mol. The van der Waals surface area contributed by atoms with Crippen LogP contribution in [-0.4, -0.2) is 11.7 Å². The Morgan fingerprint density at radius 2 is 1.95 bits per heavy atom. The van der Waals surface area contributed by atoms with Gasteiger partial charge in [-0.05, 0) is 30.3 Å². The van der Waals surface area contributed by atoms with E-state index in [-0.39, 0.29) is 11.7 Å². The zero-order valence-corrected chi connectivity index (χ0v) is 11.6.